The Balaban J connectivity index is 1.36. The summed E-state index contributed by atoms with van der Waals surface area (Å²) in [6.07, 6.45) is 6.17. The summed E-state index contributed by atoms with van der Waals surface area (Å²) in [6.45, 7) is 5.00. The molecule has 2 fully saturated rings. The average molecular weight is 492 g/mol. The molecule has 1 unspecified atom stereocenters. The molecule has 0 aromatic heterocycles. The maximum Gasteiger partial charge on any atom is 0.410 e. The van der Waals surface area contributed by atoms with Crippen LogP contribution >= 0.6 is 0 Å². The van der Waals surface area contributed by atoms with Crippen LogP contribution in [0.4, 0.5) is 4.79 Å². The first-order valence-electron chi connectivity index (χ1n) is 13.4. The molecule has 1 saturated carbocycles. The van der Waals surface area contributed by atoms with Gasteiger partial charge >= 0.3 is 12.1 Å². The van der Waals surface area contributed by atoms with Crippen LogP contribution in [0, 0.1) is 17.8 Å². The summed E-state index contributed by atoms with van der Waals surface area (Å²) in [4.78, 5) is 26.8. The number of nitrogens with zero attached hydrogens (tertiary/aromatic N) is 1. The van der Waals surface area contributed by atoms with Crippen LogP contribution in [0.5, 0.6) is 5.75 Å². The van der Waals surface area contributed by atoms with Gasteiger partial charge in [0.2, 0.25) is 0 Å². The molecular weight excluding hydrogens is 454 g/mol. The van der Waals surface area contributed by atoms with E-state index in [9.17, 15) is 14.7 Å². The van der Waals surface area contributed by atoms with Crippen LogP contribution in [-0.2, 0) is 28.0 Å². The lowest BCUT2D eigenvalue weighted by molar-refractivity contribution is -0.144. The minimum atomic E-state index is -0.816. The first-order valence-corrected chi connectivity index (χ1v) is 13.4. The second-order valence-electron chi connectivity index (χ2n) is 11.1. The standard InChI is InChI=1S/C30H37NO5/c1-20(2)24(28(32)33)19-35-23-12-11-22-16-27-25-10-6-7-13-30(25,26(22)17-23)14-15-31(27)29(34)36-18-21-8-4-3-5-9-21/h3-5,8-9,11-12,17,20,24-25,27H,6-7,10,13-16,18-19H2,1-2H3,(H,32,33)/t24?,25-,27+,30+/m0/s1. The number of hydrogen-bond acceptors (Lipinski definition) is 4. The van der Waals surface area contributed by atoms with Crippen molar-refractivity contribution >= 4 is 12.1 Å². The van der Waals surface area contributed by atoms with Crippen molar-refractivity contribution in [3.63, 3.8) is 0 Å². The number of likely N-dealkylation sites (tertiary alicyclic amines) is 1. The fourth-order valence-corrected chi connectivity index (χ4v) is 6.84. The van der Waals surface area contributed by atoms with Crippen LogP contribution in [-0.4, -0.2) is 41.3 Å². The zero-order chi connectivity index (χ0) is 25.3. The Morgan fingerprint density at radius 1 is 1.11 bits per heavy atom. The van der Waals surface area contributed by atoms with Crippen molar-refractivity contribution in [3.05, 3.63) is 65.2 Å². The normalized spacial score (nSPS) is 25.5. The van der Waals surface area contributed by atoms with Crippen molar-refractivity contribution < 1.29 is 24.2 Å². The smallest absolute Gasteiger partial charge is 0.410 e. The summed E-state index contributed by atoms with van der Waals surface area (Å²) < 4.78 is 11.8. The first-order chi connectivity index (χ1) is 17.4. The van der Waals surface area contributed by atoms with E-state index >= 15 is 0 Å². The van der Waals surface area contributed by atoms with E-state index < -0.39 is 11.9 Å². The molecule has 5 rings (SSSR count). The molecule has 192 valence electrons. The van der Waals surface area contributed by atoms with Crippen molar-refractivity contribution in [2.24, 2.45) is 17.8 Å². The van der Waals surface area contributed by atoms with E-state index in [0.717, 1.165) is 37.0 Å². The molecule has 1 amide bonds. The highest BCUT2D eigenvalue weighted by atomic mass is 16.6. The van der Waals surface area contributed by atoms with Crippen molar-refractivity contribution in [2.45, 2.75) is 70.4 Å². The zero-order valence-corrected chi connectivity index (χ0v) is 21.3. The van der Waals surface area contributed by atoms with E-state index in [1.54, 1.807) is 0 Å². The summed E-state index contributed by atoms with van der Waals surface area (Å²) in [5.41, 5.74) is 3.69. The number of amides is 1. The summed E-state index contributed by atoms with van der Waals surface area (Å²) >= 11 is 0. The molecule has 1 N–H and O–H groups in total. The highest BCUT2D eigenvalue weighted by Crippen LogP contribution is 2.56. The Labute approximate surface area is 213 Å². The van der Waals surface area contributed by atoms with Crippen LogP contribution in [0.2, 0.25) is 0 Å². The molecule has 1 heterocycles. The predicted octanol–water partition coefficient (Wildman–Crippen LogP) is 5.82. The maximum absolute atomic E-state index is 13.2. The highest BCUT2D eigenvalue weighted by molar-refractivity contribution is 5.70. The first kappa shape index (κ1) is 24.7. The number of rotatable bonds is 7. The van der Waals surface area contributed by atoms with Gasteiger partial charge in [0.1, 0.15) is 19.0 Å². The summed E-state index contributed by atoms with van der Waals surface area (Å²) in [5, 5.41) is 9.53. The quantitative estimate of drug-likeness (QED) is 0.528. The third kappa shape index (κ3) is 4.58. The van der Waals surface area contributed by atoms with Gasteiger partial charge in [0.25, 0.3) is 0 Å². The largest absolute Gasteiger partial charge is 0.493 e. The van der Waals surface area contributed by atoms with Crippen molar-refractivity contribution in [1.82, 2.24) is 4.90 Å². The summed E-state index contributed by atoms with van der Waals surface area (Å²) in [6, 6.07) is 16.3. The molecule has 0 spiro atoms. The molecule has 2 bridgehead atoms. The fraction of sp³-hybridized carbons (Fsp3) is 0.533. The van der Waals surface area contributed by atoms with Crippen molar-refractivity contribution in [1.29, 1.82) is 0 Å². The van der Waals surface area contributed by atoms with Crippen molar-refractivity contribution in [2.75, 3.05) is 13.2 Å². The second-order valence-corrected chi connectivity index (χ2v) is 11.1. The van der Waals surface area contributed by atoms with Crippen LogP contribution in [0.3, 0.4) is 0 Å². The maximum atomic E-state index is 13.2. The molecular formula is C30H37NO5. The number of aliphatic carboxylic acids is 1. The van der Waals surface area contributed by atoms with Gasteiger partial charge in [-0.05, 0) is 66.3 Å². The highest BCUT2D eigenvalue weighted by Gasteiger charge is 2.55. The summed E-state index contributed by atoms with van der Waals surface area (Å²) in [7, 11) is 0. The number of carboxylic acids is 1. The zero-order valence-electron chi connectivity index (χ0n) is 21.3. The lowest BCUT2D eigenvalue weighted by Gasteiger charge is -2.58. The Hall–Kier alpha value is -3.02. The second kappa shape index (κ2) is 10.2. The number of carbonyl (C=O) groups is 2. The van der Waals surface area contributed by atoms with Gasteiger partial charge in [-0.3, -0.25) is 4.79 Å². The average Bonchev–Trinajstić information content (AvgIpc) is 2.88. The Bertz CT molecular complexity index is 1100. The third-order valence-electron chi connectivity index (χ3n) is 8.80. The molecule has 6 heteroatoms. The van der Waals surface area contributed by atoms with Crippen LogP contribution < -0.4 is 4.74 Å². The van der Waals surface area contributed by atoms with E-state index in [1.807, 2.05) is 55.1 Å². The Morgan fingerprint density at radius 3 is 2.67 bits per heavy atom. The molecule has 1 saturated heterocycles. The lowest BCUT2D eigenvalue weighted by Crippen LogP contribution is -2.62. The van der Waals surface area contributed by atoms with Gasteiger partial charge in [0, 0.05) is 18.0 Å². The Kier molecular flexibility index (Phi) is 6.96. The number of benzene rings is 2. The van der Waals surface area contributed by atoms with Gasteiger partial charge in [0.05, 0.1) is 5.92 Å². The van der Waals surface area contributed by atoms with E-state index in [2.05, 4.69) is 12.1 Å². The topological polar surface area (TPSA) is 76.1 Å². The van der Waals surface area contributed by atoms with E-state index in [1.165, 1.54) is 24.0 Å². The Morgan fingerprint density at radius 2 is 1.92 bits per heavy atom. The number of hydrogen-bond donors (Lipinski definition) is 1. The van der Waals surface area contributed by atoms with Gasteiger partial charge in [-0.1, -0.05) is 63.1 Å². The molecule has 0 radical (unpaired) electrons. The lowest BCUT2D eigenvalue weighted by atomic mass is 9.52. The molecule has 2 aliphatic carbocycles. The number of fused-ring (bicyclic) bond motifs is 1. The van der Waals surface area contributed by atoms with E-state index in [4.69, 9.17) is 9.47 Å². The van der Waals surface area contributed by atoms with Gasteiger partial charge in [-0.25, -0.2) is 4.79 Å². The number of carbonyl (C=O) groups excluding carboxylic acids is 1. The number of piperidine rings is 1. The monoisotopic (exact) mass is 491 g/mol. The van der Waals surface area contributed by atoms with Crippen LogP contribution in [0.15, 0.2) is 48.5 Å². The molecule has 2 aromatic rings. The molecule has 3 aliphatic rings. The van der Waals surface area contributed by atoms with E-state index in [0.29, 0.717) is 19.1 Å². The molecule has 6 nitrogen and oxygen atoms in total. The van der Waals surface area contributed by atoms with Gasteiger partial charge in [-0.2, -0.15) is 0 Å². The van der Waals surface area contributed by atoms with Crippen molar-refractivity contribution in [3.8, 4) is 5.75 Å². The van der Waals surface area contributed by atoms with Gasteiger partial charge in [0.15, 0.2) is 0 Å². The predicted molar refractivity (Wildman–Crippen MR) is 137 cm³/mol. The molecule has 4 atom stereocenters. The van der Waals surface area contributed by atoms with Gasteiger partial charge in [-0.15, -0.1) is 0 Å². The SMILES string of the molecule is CC(C)C(COc1ccc2c(c1)[C@@]13CCCC[C@H]1[C@@H](C2)N(C(=O)OCc1ccccc1)CC3)C(=O)O. The number of carboxylic acid groups (broad SMARTS) is 1. The third-order valence-corrected chi connectivity index (χ3v) is 8.80. The molecule has 36 heavy (non-hydrogen) atoms. The van der Waals surface area contributed by atoms with Crippen LogP contribution in [0.25, 0.3) is 0 Å². The van der Waals surface area contributed by atoms with E-state index in [-0.39, 0.29) is 30.1 Å². The molecule has 1 aliphatic heterocycles. The minimum absolute atomic E-state index is 0.00757. The number of ether oxygens (including phenoxy) is 2. The molecule has 2 aromatic carbocycles. The van der Waals surface area contributed by atoms with Gasteiger partial charge < -0.3 is 19.5 Å². The fourth-order valence-electron chi connectivity index (χ4n) is 6.84. The summed E-state index contributed by atoms with van der Waals surface area (Å²) in [5.74, 6) is -0.176. The minimum Gasteiger partial charge on any atom is -0.493 e. The van der Waals surface area contributed by atoms with Crippen LogP contribution in [0.1, 0.15) is 62.6 Å².